The summed E-state index contributed by atoms with van der Waals surface area (Å²) in [5.74, 6) is 0. The highest BCUT2D eigenvalue weighted by Gasteiger charge is 2.21. The maximum absolute atomic E-state index is 11.3. The molecule has 1 aromatic rings. The van der Waals surface area contributed by atoms with Gasteiger partial charge < -0.3 is 0 Å². The number of rotatable bonds is 1. The molecule has 0 fully saturated rings. The Labute approximate surface area is 82.1 Å². The second kappa shape index (κ2) is 3.06. The summed E-state index contributed by atoms with van der Waals surface area (Å²) in [6.45, 7) is 1.85. The molecule has 0 unspecified atom stereocenters. The van der Waals surface area contributed by atoms with E-state index in [1.165, 1.54) is 0 Å². The van der Waals surface area contributed by atoms with Gasteiger partial charge in [0.15, 0.2) is 0 Å². The summed E-state index contributed by atoms with van der Waals surface area (Å²) in [6, 6.07) is 3.35. The van der Waals surface area contributed by atoms with E-state index in [1.54, 1.807) is 18.3 Å². The van der Waals surface area contributed by atoms with Crippen molar-refractivity contribution in [3.63, 3.8) is 0 Å². The normalized spacial score (nSPS) is 17.9. The van der Waals surface area contributed by atoms with Gasteiger partial charge in [0.25, 0.3) is 0 Å². The molecular formula is C8H9N3O2S. The zero-order chi connectivity index (χ0) is 10.2. The lowest BCUT2D eigenvalue weighted by Gasteiger charge is -2.15. The van der Waals surface area contributed by atoms with E-state index in [-0.39, 0.29) is 0 Å². The Kier molecular flexibility index (Phi) is 1.99. The van der Waals surface area contributed by atoms with Crippen molar-refractivity contribution in [3.05, 3.63) is 24.0 Å². The van der Waals surface area contributed by atoms with Crippen molar-refractivity contribution in [2.75, 3.05) is 4.72 Å². The molecule has 74 valence electrons. The monoisotopic (exact) mass is 211 g/mol. The summed E-state index contributed by atoms with van der Waals surface area (Å²) < 4.78 is 28.4. The van der Waals surface area contributed by atoms with Crippen LogP contribution in [0.4, 0.5) is 5.69 Å². The first-order valence-electron chi connectivity index (χ1n) is 4.19. The van der Waals surface area contributed by atoms with Crippen LogP contribution in [0.25, 0.3) is 0 Å². The van der Waals surface area contributed by atoms with Gasteiger partial charge in [-0.15, -0.1) is 4.40 Å². The van der Waals surface area contributed by atoms with Gasteiger partial charge in [0, 0.05) is 6.20 Å². The average Bonchev–Trinajstić information content (AvgIpc) is 2.15. The van der Waals surface area contributed by atoms with Gasteiger partial charge >= 0.3 is 10.2 Å². The molecule has 0 aromatic carbocycles. The van der Waals surface area contributed by atoms with Crippen molar-refractivity contribution in [3.8, 4) is 0 Å². The third-order valence-electron chi connectivity index (χ3n) is 1.89. The summed E-state index contributed by atoms with van der Waals surface area (Å²) in [7, 11) is -3.56. The quantitative estimate of drug-likeness (QED) is 0.751. The summed E-state index contributed by atoms with van der Waals surface area (Å²) in [5, 5.41) is 0. The SMILES string of the molecule is CCC1=NS(=O)(=O)Nc2cccnc21. The van der Waals surface area contributed by atoms with Crippen molar-refractivity contribution in [2.45, 2.75) is 13.3 Å². The average molecular weight is 211 g/mol. The van der Waals surface area contributed by atoms with Crippen LogP contribution in [-0.4, -0.2) is 19.1 Å². The summed E-state index contributed by atoms with van der Waals surface area (Å²) in [5.41, 5.74) is 1.61. The molecule has 2 rings (SSSR count). The van der Waals surface area contributed by atoms with Gasteiger partial charge in [-0.05, 0) is 18.6 Å². The molecule has 0 bridgehead atoms. The molecule has 1 N–H and O–H groups in total. The van der Waals surface area contributed by atoms with Crippen LogP contribution in [0.2, 0.25) is 0 Å². The molecule has 5 nitrogen and oxygen atoms in total. The highest BCUT2D eigenvalue weighted by atomic mass is 32.2. The van der Waals surface area contributed by atoms with Gasteiger partial charge in [0.1, 0.15) is 5.69 Å². The second-order valence-electron chi connectivity index (χ2n) is 2.87. The Bertz CT molecular complexity index is 493. The van der Waals surface area contributed by atoms with Gasteiger partial charge in [-0.25, -0.2) is 0 Å². The minimum atomic E-state index is -3.56. The molecule has 6 heteroatoms. The number of anilines is 1. The molecule has 0 atom stereocenters. The molecule has 0 spiro atoms. The van der Waals surface area contributed by atoms with Crippen LogP contribution in [-0.2, 0) is 10.2 Å². The first-order chi connectivity index (χ1) is 6.62. The fourth-order valence-corrected chi connectivity index (χ4v) is 2.29. The number of aromatic nitrogens is 1. The Hall–Kier alpha value is -1.43. The molecule has 0 aliphatic carbocycles. The number of pyridine rings is 1. The predicted molar refractivity (Wildman–Crippen MR) is 53.6 cm³/mol. The summed E-state index contributed by atoms with van der Waals surface area (Å²) in [6.07, 6.45) is 2.16. The van der Waals surface area contributed by atoms with Crippen LogP contribution in [0, 0.1) is 0 Å². The van der Waals surface area contributed by atoms with Crippen LogP contribution < -0.4 is 4.72 Å². The first-order valence-corrected chi connectivity index (χ1v) is 5.63. The topological polar surface area (TPSA) is 71.4 Å². The Morgan fingerprint density at radius 1 is 1.50 bits per heavy atom. The van der Waals surface area contributed by atoms with E-state index in [4.69, 9.17) is 0 Å². The Morgan fingerprint density at radius 2 is 2.29 bits per heavy atom. The lowest BCUT2D eigenvalue weighted by Crippen LogP contribution is -2.21. The fourth-order valence-electron chi connectivity index (χ4n) is 1.30. The van der Waals surface area contributed by atoms with E-state index >= 15 is 0 Å². The molecule has 0 saturated heterocycles. The lowest BCUT2D eigenvalue weighted by atomic mass is 10.2. The van der Waals surface area contributed by atoms with Gasteiger partial charge in [-0.1, -0.05) is 6.92 Å². The van der Waals surface area contributed by atoms with Crippen LogP contribution in [0.3, 0.4) is 0 Å². The van der Waals surface area contributed by atoms with Crippen molar-refractivity contribution in [1.82, 2.24) is 4.98 Å². The maximum Gasteiger partial charge on any atom is 0.342 e. The zero-order valence-electron chi connectivity index (χ0n) is 7.56. The Balaban J connectivity index is 2.65. The summed E-state index contributed by atoms with van der Waals surface area (Å²) >= 11 is 0. The van der Waals surface area contributed by atoms with Gasteiger partial charge in [0.05, 0.1) is 11.4 Å². The molecule has 1 aliphatic rings. The largest absolute Gasteiger partial charge is 0.342 e. The van der Waals surface area contributed by atoms with Gasteiger partial charge in [-0.2, -0.15) is 8.42 Å². The van der Waals surface area contributed by atoms with E-state index in [0.717, 1.165) is 0 Å². The number of nitrogens with zero attached hydrogens (tertiary/aromatic N) is 2. The molecule has 14 heavy (non-hydrogen) atoms. The van der Waals surface area contributed by atoms with E-state index < -0.39 is 10.2 Å². The minimum Gasteiger partial charge on any atom is -0.263 e. The maximum atomic E-state index is 11.3. The molecule has 1 aliphatic heterocycles. The van der Waals surface area contributed by atoms with Crippen molar-refractivity contribution < 1.29 is 8.42 Å². The van der Waals surface area contributed by atoms with Crippen LogP contribution in [0.15, 0.2) is 22.7 Å². The van der Waals surface area contributed by atoms with Crippen LogP contribution in [0.1, 0.15) is 19.0 Å². The highest BCUT2D eigenvalue weighted by Crippen LogP contribution is 2.21. The number of hydrogen-bond acceptors (Lipinski definition) is 3. The van der Waals surface area contributed by atoms with Gasteiger partial charge in [0.2, 0.25) is 0 Å². The second-order valence-corrected chi connectivity index (χ2v) is 4.21. The zero-order valence-corrected chi connectivity index (χ0v) is 8.37. The smallest absolute Gasteiger partial charge is 0.263 e. The van der Waals surface area contributed by atoms with E-state index in [2.05, 4.69) is 14.1 Å². The Morgan fingerprint density at radius 3 is 3.00 bits per heavy atom. The molecule has 0 amide bonds. The van der Waals surface area contributed by atoms with Crippen molar-refractivity contribution in [1.29, 1.82) is 0 Å². The molecular weight excluding hydrogens is 202 g/mol. The number of hydrogen-bond donors (Lipinski definition) is 1. The minimum absolute atomic E-state index is 0.499. The first kappa shape index (κ1) is 9.14. The third kappa shape index (κ3) is 1.48. The molecule has 1 aromatic heterocycles. The summed E-state index contributed by atoms with van der Waals surface area (Å²) in [4.78, 5) is 4.08. The van der Waals surface area contributed by atoms with Crippen LogP contribution >= 0.6 is 0 Å². The number of nitrogens with one attached hydrogen (secondary N) is 1. The lowest BCUT2D eigenvalue weighted by molar-refractivity contribution is 0.602. The van der Waals surface area contributed by atoms with E-state index in [9.17, 15) is 8.42 Å². The predicted octanol–water partition coefficient (Wildman–Crippen LogP) is 0.951. The fraction of sp³-hybridized carbons (Fsp3) is 0.250. The van der Waals surface area contributed by atoms with Crippen molar-refractivity contribution >= 4 is 21.6 Å². The van der Waals surface area contributed by atoms with E-state index in [0.29, 0.717) is 23.5 Å². The van der Waals surface area contributed by atoms with E-state index in [1.807, 2.05) is 6.92 Å². The molecule has 0 radical (unpaired) electrons. The van der Waals surface area contributed by atoms with Crippen molar-refractivity contribution in [2.24, 2.45) is 4.40 Å². The highest BCUT2D eigenvalue weighted by molar-refractivity contribution is 7.91. The van der Waals surface area contributed by atoms with Gasteiger partial charge in [-0.3, -0.25) is 9.71 Å². The standard InChI is InChI=1S/C8H9N3O2S/c1-2-6-8-7(4-3-5-9-8)11-14(12,13)10-6/h3-5,11H,2H2,1H3. The molecule has 2 heterocycles. The van der Waals surface area contributed by atoms with Crippen LogP contribution in [0.5, 0.6) is 0 Å². The third-order valence-corrected chi connectivity index (χ3v) is 2.82. The number of fused-ring (bicyclic) bond motifs is 1. The molecule has 0 saturated carbocycles.